The molecule has 0 aliphatic carbocycles. The lowest BCUT2D eigenvalue weighted by molar-refractivity contribution is -0.274. The molecule has 0 amide bonds. The number of rotatable bonds is 7. The Morgan fingerprint density at radius 3 is 2.73 bits per heavy atom. The molecule has 0 radical (unpaired) electrons. The summed E-state index contributed by atoms with van der Waals surface area (Å²) in [6.07, 6.45) is -1.13. The molecular formula is C22H27F3N6O2. The highest BCUT2D eigenvalue weighted by Gasteiger charge is 2.31. The predicted octanol–water partition coefficient (Wildman–Crippen LogP) is 4.45. The Morgan fingerprint density at radius 2 is 2.03 bits per heavy atom. The first-order valence-corrected chi connectivity index (χ1v) is 10.9. The first-order valence-electron chi connectivity index (χ1n) is 10.9. The molecule has 1 aliphatic heterocycles. The largest absolute Gasteiger partial charge is 0.573 e. The van der Waals surface area contributed by atoms with Gasteiger partial charge in [-0.2, -0.15) is 19.6 Å². The second-order valence-corrected chi connectivity index (χ2v) is 8.39. The summed E-state index contributed by atoms with van der Waals surface area (Å²) in [5.74, 6) is 0.292. The van der Waals surface area contributed by atoms with Gasteiger partial charge in [0.15, 0.2) is 5.65 Å². The van der Waals surface area contributed by atoms with Crippen LogP contribution in [0.4, 0.5) is 19.1 Å². The number of anilines is 1. The van der Waals surface area contributed by atoms with Crippen molar-refractivity contribution >= 4 is 11.6 Å². The van der Waals surface area contributed by atoms with Gasteiger partial charge in [0.05, 0.1) is 12.2 Å². The maximum atomic E-state index is 12.6. The molecule has 1 aromatic carbocycles. The minimum absolute atomic E-state index is 0.0342. The molecule has 8 nitrogen and oxygen atoms in total. The fourth-order valence-electron chi connectivity index (χ4n) is 3.76. The fourth-order valence-corrected chi connectivity index (χ4v) is 3.76. The van der Waals surface area contributed by atoms with Crippen LogP contribution in [0.25, 0.3) is 5.65 Å². The van der Waals surface area contributed by atoms with Crippen LogP contribution in [0.1, 0.15) is 56.7 Å². The zero-order chi connectivity index (χ0) is 23.6. The van der Waals surface area contributed by atoms with Crippen molar-refractivity contribution in [1.82, 2.24) is 24.9 Å². The molecule has 3 aromatic rings. The fraction of sp³-hybridized carbons (Fsp3) is 0.500. The van der Waals surface area contributed by atoms with Crippen LogP contribution < -0.4 is 20.1 Å². The van der Waals surface area contributed by atoms with Crippen molar-refractivity contribution in [2.75, 3.05) is 18.4 Å². The van der Waals surface area contributed by atoms with Crippen LogP contribution in [0.3, 0.4) is 0 Å². The minimum Gasteiger partial charge on any atom is -0.459 e. The second kappa shape index (κ2) is 9.42. The third kappa shape index (κ3) is 5.65. The van der Waals surface area contributed by atoms with Crippen molar-refractivity contribution in [3.05, 3.63) is 41.6 Å². The van der Waals surface area contributed by atoms with Gasteiger partial charge in [0, 0.05) is 12.1 Å². The van der Waals surface area contributed by atoms with Crippen molar-refractivity contribution in [3.63, 3.8) is 0 Å². The minimum atomic E-state index is -4.75. The summed E-state index contributed by atoms with van der Waals surface area (Å²) in [5.41, 5.74) is 2.17. The molecule has 33 heavy (non-hydrogen) atoms. The van der Waals surface area contributed by atoms with E-state index < -0.39 is 12.4 Å². The van der Waals surface area contributed by atoms with E-state index in [1.54, 1.807) is 16.8 Å². The first kappa shape index (κ1) is 23.1. The molecule has 0 spiro atoms. The van der Waals surface area contributed by atoms with Crippen molar-refractivity contribution in [2.45, 2.75) is 58.0 Å². The van der Waals surface area contributed by atoms with Gasteiger partial charge in [-0.15, -0.1) is 13.2 Å². The van der Waals surface area contributed by atoms with E-state index in [0.717, 1.165) is 31.5 Å². The molecule has 1 saturated heterocycles. The number of ether oxygens (including phenoxy) is 2. The Hall–Kier alpha value is -3.08. The van der Waals surface area contributed by atoms with E-state index in [9.17, 15) is 13.2 Å². The molecule has 3 heterocycles. The molecule has 0 saturated carbocycles. The molecule has 11 heteroatoms. The number of halogens is 3. The van der Waals surface area contributed by atoms with Crippen molar-refractivity contribution < 1.29 is 22.6 Å². The van der Waals surface area contributed by atoms with Crippen LogP contribution in [0.5, 0.6) is 11.8 Å². The average Bonchev–Trinajstić information content (AvgIpc) is 3.18. The molecule has 4 rings (SSSR count). The number of hydrogen-bond acceptors (Lipinski definition) is 7. The number of nitrogens with one attached hydrogen (secondary N) is 2. The van der Waals surface area contributed by atoms with Gasteiger partial charge in [0.2, 0.25) is 5.95 Å². The highest BCUT2D eigenvalue weighted by molar-refractivity contribution is 5.53. The van der Waals surface area contributed by atoms with E-state index in [4.69, 9.17) is 4.74 Å². The Bertz CT molecular complexity index is 1100. The predicted molar refractivity (Wildman–Crippen MR) is 117 cm³/mol. The Morgan fingerprint density at radius 1 is 1.21 bits per heavy atom. The van der Waals surface area contributed by atoms with E-state index in [-0.39, 0.29) is 23.8 Å². The third-order valence-electron chi connectivity index (χ3n) is 5.46. The number of nitrogens with zero attached hydrogens (tertiary/aromatic N) is 4. The number of piperidine rings is 1. The van der Waals surface area contributed by atoms with Crippen molar-refractivity contribution in [3.8, 4) is 11.8 Å². The van der Waals surface area contributed by atoms with E-state index in [0.29, 0.717) is 17.2 Å². The second-order valence-electron chi connectivity index (χ2n) is 8.39. The molecular weight excluding hydrogens is 437 g/mol. The molecule has 0 bridgehead atoms. The van der Waals surface area contributed by atoms with Crippen LogP contribution >= 0.6 is 0 Å². The van der Waals surface area contributed by atoms with Gasteiger partial charge < -0.3 is 20.1 Å². The number of hydrogen-bond donors (Lipinski definition) is 2. The number of benzene rings is 1. The maximum absolute atomic E-state index is 12.6. The van der Waals surface area contributed by atoms with Crippen LogP contribution in [0.2, 0.25) is 0 Å². The Labute approximate surface area is 189 Å². The maximum Gasteiger partial charge on any atom is 0.573 e. The zero-order valence-electron chi connectivity index (χ0n) is 18.7. The topological polar surface area (TPSA) is 85.6 Å². The summed E-state index contributed by atoms with van der Waals surface area (Å²) in [7, 11) is 0. The molecule has 2 atom stereocenters. The van der Waals surface area contributed by atoms with Crippen LogP contribution in [-0.2, 0) is 0 Å². The number of fused-ring (bicyclic) bond motifs is 1. The Kier molecular flexibility index (Phi) is 6.59. The summed E-state index contributed by atoms with van der Waals surface area (Å²) in [4.78, 5) is 9.13. The normalized spacial score (nSPS) is 17.8. The number of alkyl halides is 3. The average molecular weight is 464 g/mol. The summed E-state index contributed by atoms with van der Waals surface area (Å²) in [5, 5.41) is 11.0. The van der Waals surface area contributed by atoms with Gasteiger partial charge in [0.25, 0.3) is 0 Å². The molecule has 1 aliphatic rings. The lowest BCUT2D eigenvalue weighted by Gasteiger charge is -2.23. The van der Waals surface area contributed by atoms with Crippen LogP contribution in [0, 0.1) is 0 Å². The van der Waals surface area contributed by atoms with Gasteiger partial charge in [-0.25, -0.2) is 0 Å². The molecule has 2 aromatic heterocycles. The summed E-state index contributed by atoms with van der Waals surface area (Å²) in [6.45, 7) is 7.59. The Balaban J connectivity index is 1.64. The third-order valence-corrected chi connectivity index (χ3v) is 5.46. The van der Waals surface area contributed by atoms with Crippen LogP contribution in [-0.4, -0.2) is 45.1 Å². The number of aromatic nitrogens is 4. The van der Waals surface area contributed by atoms with E-state index >= 15 is 0 Å². The van der Waals surface area contributed by atoms with Gasteiger partial charge in [-0.05, 0) is 49.9 Å². The van der Waals surface area contributed by atoms with Gasteiger partial charge in [-0.1, -0.05) is 26.0 Å². The smallest absolute Gasteiger partial charge is 0.459 e. The van der Waals surface area contributed by atoms with Crippen molar-refractivity contribution in [1.29, 1.82) is 0 Å². The van der Waals surface area contributed by atoms with Crippen molar-refractivity contribution in [2.24, 2.45) is 0 Å². The lowest BCUT2D eigenvalue weighted by Crippen LogP contribution is -2.37. The van der Waals surface area contributed by atoms with Crippen LogP contribution in [0.15, 0.2) is 30.5 Å². The van der Waals surface area contributed by atoms with E-state index in [2.05, 4.69) is 30.4 Å². The highest BCUT2D eigenvalue weighted by Crippen LogP contribution is 2.28. The molecule has 2 N–H and O–H groups in total. The lowest BCUT2D eigenvalue weighted by atomic mass is 10.1. The monoisotopic (exact) mass is 464 g/mol. The van der Waals surface area contributed by atoms with Gasteiger partial charge in [-0.3, -0.25) is 0 Å². The summed E-state index contributed by atoms with van der Waals surface area (Å²) < 4.78 is 49.5. The standard InChI is InChI=1S/C22H27F3N6O2/c1-13(2)18-12-27-31-19(18)29-21(32-17-8-5-9-26-11-17)30-20(31)28-14(3)15-6-4-7-16(10-15)33-22(23,24)25/h4,6-7,10,12-14,17,26H,5,8-9,11H2,1-3H3,(H,28,29,30). The molecule has 1 fully saturated rings. The van der Waals surface area contributed by atoms with Gasteiger partial charge in [0.1, 0.15) is 11.9 Å². The molecule has 2 unspecified atom stereocenters. The zero-order valence-corrected chi connectivity index (χ0v) is 18.7. The first-order chi connectivity index (χ1) is 15.7. The summed E-state index contributed by atoms with van der Waals surface area (Å²) >= 11 is 0. The summed E-state index contributed by atoms with van der Waals surface area (Å²) in [6, 6.07) is 5.68. The quantitative estimate of drug-likeness (QED) is 0.534. The van der Waals surface area contributed by atoms with E-state index in [1.807, 2.05) is 20.8 Å². The molecule has 178 valence electrons. The highest BCUT2D eigenvalue weighted by atomic mass is 19.4. The van der Waals surface area contributed by atoms with Gasteiger partial charge >= 0.3 is 12.4 Å². The SMILES string of the molecule is CC(C)c1cnn2c(NC(C)c3cccc(OC(F)(F)F)c3)nc(OC3CCCNC3)nc12. The van der Waals surface area contributed by atoms with E-state index in [1.165, 1.54) is 18.2 Å².